The van der Waals surface area contributed by atoms with Crippen LogP contribution in [0.5, 0.6) is 11.5 Å². The number of esters is 1. The summed E-state index contributed by atoms with van der Waals surface area (Å²) in [5.41, 5.74) is 0.634. The van der Waals surface area contributed by atoms with Gasteiger partial charge in [0.2, 0.25) is 5.91 Å². The van der Waals surface area contributed by atoms with E-state index >= 15 is 0 Å². The standard InChI is InChI=1S/C20H20N2O4/c1-20(2,3)19(24)22-15-7-5-6-14(11-15)18(23)26-16-9-8-13(12-21)10-17(16)25-4/h5-11H,1-4H3,(H,22,24). The molecule has 0 aliphatic rings. The van der Waals surface area contributed by atoms with Crippen LogP contribution >= 0.6 is 0 Å². The van der Waals surface area contributed by atoms with Crippen molar-refractivity contribution < 1.29 is 19.1 Å². The number of anilines is 1. The third-order valence-electron chi connectivity index (χ3n) is 3.53. The lowest BCUT2D eigenvalue weighted by atomic mass is 9.95. The van der Waals surface area contributed by atoms with Gasteiger partial charge < -0.3 is 14.8 Å². The number of carbonyl (C=O) groups excluding carboxylic acids is 2. The van der Waals surface area contributed by atoms with Crippen LogP contribution in [0.25, 0.3) is 0 Å². The normalized spacial score (nSPS) is 10.6. The van der Waals surface area contributed by atoms with Gasteiger partial charge in [-0.2, -0.15) is 5.26 Å². The van der Waals surface area contributed by atoms with Gasteiger partial charge in [0.15, 0.2) is 11.5 Å². The van der Waals surface area contributed by atoms with Crippen LogP contribution in [0.3, 0.4) is 0 Å². The van der Waals surface area contributed by atoms with Gasteiger partial charge in [-0.15, -0.1) is 0 Å². The number of hydrogen-bond donors (Lipinski definition) is 1. The number of benzene rings is 2. The lowest BCUT2D eigenvalue weighted by Crippen LogP contribution is -2.27. The smallest absolute Gasteiger partial charge is 0.343 e. The highest BCUT2D eigenvalue weighted by Gasteiger charge is 2.21. The molecule has 2 aromatic carbocycles. The maximum atomic E-state index is 12.4. The number of ether oxygens (including phenoxy) is 2. The average Bonchev–Trinajstić information content (AvgIpc) is 2.61. The van der Waals surface area contributed by atoms with E-state index in [1.54, 1.807) is 45.0 Å². The highest BCUT2D eigenvalue weighted by Crippen LogP contribution is 2.29. The molecule has 134 valence electrons. The first-order valence-electron chi connectivity index (χ1n) is 7.96. The minimum atomic E-state index is -0.597. The van der Waals surface area contributed by atoms with E-state index in [0.717, 1.165) is 0 Å². The maximum absolute atomic E-state index is 12.4. The number of methoxy groups -OCH3 is 1. The Kier molecular flexibility index (Phi) is 5.63. The van der Waals surface area contributed by atoms with Crippen molar-refractivity contribution in [2.45, 2.75) is 20.8 Å². The molecule has 0 fully saturated rings. The first-order chi connectivity index (χ1) is 12.2. The third kappa shape index (κ3) is 4.61. The Morgan fingerprint density at radius 1 is 1.08 bits per heavy atom. The van der Waals surface area contributed by atoms with E-state index in [2.05, 4.69) is 5.32 Å². The van der Waals surface area contributed by atoms with Crippen molar-refractivity contribution in [3.63, 3.8) is 0 Å². The van der Waals surface area contributed by atoms with Crippen molar-refractivity contribution in [3.05, 3.63) is 53.6 Å². The van der Waals surface area contributed by atoms with Gasteiger partial charge in [-0.3, -0.25) is 4.79 Å². The van der Waals surface area contributed by atoms with Crippen LogP contribution in [0, 0.1) is 16.7 Å². The Morgan fingerprint density at radius 3 is 2.42 bits per heavy atom. The zero-order valence-electron chi connectivity index (χ0n) is 15.1. The van der Waals surface area contributed by atoms with Crippen molar-refractivity contribution >= 4 is 17.6 Å². The van der Waals surface area contributed by atoms with E-state index in [4.69, 9.17) is 14.7 Å². The van der Waals surface area contributed by atoms with E-state index < -0.39 is 11.4 Å². The summed E-state index contributed by atoms with van der Waals surface area (Å²) in [5, 5.41) is 11.7. The summed E-state index contributed by atoms with van der Waals surface area (Å²) in [5.74, 6) is -0.258. The van der Waals surface area contributed by atoms with E-state index in [9.17, 15) is 9.59 Å². The summed E-state index contributed by atoms with van der Waals surface area (Å²) < 4.78 is 10.5. The molecule has 1 N–H and O–H groups in total. The molecule has 0 spiro atoms. The molecule has 6 heteroatoms. The quantitative estimate of drug-likeness (QED) is 0.668. The minimum absolute atomic E-state index is 0.156. The molecule has 0 aliphatic carbocycles. The fourth-order valence-corrected chi connectivity index (χ4v) is 2.02. The number of hydrogen-bond acceptors (Lipinski definition) is 5. The molecule has 0 saturated heterocycles. The summed E-state index contributed by atoms with van der Waals surface area (Å²) in [4.78, 5) is 24.5. The molecule has 0 unspecified atom stereocenters. The average molecular weight is 352 g/mol. The van der Waals surface area contributed by atoms with Gasteiger partial charge in [-0.05, 0) is 30.3 Å². The molecule has 0 heterocycles. The fraction of sp³-hybridized carbons (Fsp3) is 0.250. The summed E-state index contributed by atoms with van der Waals surface area (Å²) in [6.45, 7) is 5.41. The van der Waals surface area contributed by atoms with Crippen LogP contribution in [0.2, 0.25) is 0 Å². The molecular formula is C20H20N2O4. The molecule has 0 radical (unpaired) electrons. The lowest BCUT2D eigenvalue weighted by molar-refractivity contribution is -0.123. The second kappa shape index (κ2) is 7.70. The van der Waals surface area contributed by atoms with Gasteiger partial charge in [0.05, 0.1) is 24.3 Å². The van der Waals surface area contributed by atoms with Crippen LogP contribution in [0.15, 0.2) is 42.5 Å². The van der Waals surface area contributed by atoms with Gasteiger partial charge >= 0.3 is 5.97 Å². The number of carbonyl (C=O) groups is 2. The van der Waals surface area contributed by atoms with E-state index in [1.165, 1.54) is 25.3 Å². The van der Waals surface area contributed by atoms with E-state index in [0.29, 0.717) is 11.3 Å². The zero-order chi connectivity index (χ0) is 19.3. The predicted molar refractivity (Wildman–Crippen MR) is 97.2 cm³/mol. The Balaban J connectivity index is 2.20. The summed E-state index contributed by atoms with van der Waals surface area (Å²) >= 11 is 0. The molecule has 2 aromatic rings. The molecule has 6 nitrogen and oxygen atoms in total. The second-order valence-corrected chi connectivity index (χ2v) is 6.65. The molecule has 0 atom stereocenters. The number of nitrogens with zero attached hydrogens (tertiary/aromatic N) is 1. The Morgan fingerprint density at radius 2 is 1.81 bits per heavy atom. The first-order valence-corrected chi connectivity index (χ1v) is 7.96. The van der Waals surface area contributed by atoms with Crippen LogP contribution in [-0.2, 0) is 4.79 Å². The molecule has 0 saturated carbocycles. The summed E-state index contributed by atoms with van der Waals surface area (Å²) in [7, 11) is 1.43. The molecule has 0 bridgehead atoms. The monoisotopic (exact) mass is 352 g/mol. The number of amides is 1. The summed E-state index contributed by atoms with van der Waals surface area (Å²) in [6, 6.07) is 13.0. The van der Waals surface area contributed by atoms with E-state index in [-0.39, 0.29) is 23.0 Å². The van der Waals surface area contributed by atoms with Gasteiger partial charge in [-0.25, -0.2) is 4.79 Å². The van der Waals surface area contributed by atoms with Gasteiger partial charge in [0.25, 0.3) is 0 Å². The van der Waals surface area contributed by atoms with Crippen molar-refractivity contribution in [1.29, 1.82) is 5.26 Å². The minimum Gasteiger partial charge on any atom is -0.493 e. The molecule has 0 aromatic heterocycles. The highest BCUT2D eigenvalue weighted by molar-refractivity contribution is 5.97. The third-order valence-corrected chi connectivity index (χ3v) is 3.53. The molecule has 26 heavy (non-hydrogen) atoms. The Labute approximate surface area is 152 Å². The molecular weight excluding hydrogens is 332 g/mol. The van der Waals surface area contributed by atoms with Crippen LogP contribution in [0.1, 0.15) is 36.7 Å². The van der Waals surface area contributed by atoms with E-state index in [1.807, 2.05) is 6.07 Å². The number of rotatable bonds is 4. The second-order valence-electron chi connectivity index (χ2n) is 6.65. The van der Waals surface area contributed by atoms with Crippen molar-refractivity contribution in [2.24, 2.45) is 5.41 Å². The molecule has 0 aliphatic heterocycles. The first kappa shape index (κ1) is 19.0. The van der Waals surface area contributed by atoms with Gasteiger partial charge in [0.1, 0.15) is 0 Å². The van der Waals surface area contributed by atoms with Crippen molar-refractivity contribution in [2.75, 3.05) is 12.4 Å². The van der Waals surface area contributed by atoms with Gasteiger partial charge in [-0.1, -0.05) is 26.8 Å². The lowest BCUT2D eigenvalue weighted by Gasteiger charge is -2.18. The SMILES string of the molecule is COc1cc(C#N)ccc1OC(=O)c1cccc(NC(=O)C(C)(C)C)c1. The van der Waals surface area contributed by atoms with Crippen molar-refractivity contribution in [3.8, 4) is 17.6 Å². The van der Waals surface area contributed by atoms with Crippen LogP contribution < -0.4 is 14.8 Å². The number of nitriles is 1. The highest BCUT2D eigenvalue weighted by atomic mass is 16.6. The zero-order valence-corrected chi connectivity index (χ0v) is 15.1. The van der Waals surface area contributed by atoms with Crippen LogP contribution in [-0.4, -0.2) is 19.0 Å². The topological polar surface area (TPSA) is 88.4 Å². The number of nitrogens with one attached hydrogen (secondary N) is 1. The van der Waals surface area contributed by atoms with Crippen LogP contribution in [0.4, 0.5) is 5.69 Å². The largest absolute Gasteiger partial charge is 0.493 e. The molecule has 2 rings (SSSR count). The molecule has 1 amide bonds. The summed E-state index contributed by atoms with van der Waals surface area (Å²) in [6.07, 6.45) is 0. The fourth-order valence-electron chi connectivity index (χ4n) is 2.02. The Bertz CT molecular complexity index is 876. The Hall–Kier alpha value is -3.33. The van der Waals surface area contributed by atoms with Gasteiger partial charge in [0, 0.05) is 17.2 Å². The van der Waals surface area contributed by atoms with Crippen molar-refractivity contribution in [1.82, 2.24) is 0 Å². The maximum Gasteiger partial charge on any atom is 0.343 e. The predicted octanol–water partition coefficient (Wildman–Crippen LogP) is 3.77.